The zero-order chi connectivity index (χ0) is 25.9. The van der Waals surface area contributed by atoms with E-state index in [9.17, 15) is 26.8 Å². The summed E-state index contributed by atoms with van der Waals surface area (Å²) in [6.07, 6.45) is -0.479. The van der Waals surface area contributed by atoms with Crippen molar-refractivity contribution in [1.29, 1.82) is 0 Å². The molecule has 194 valence electrons. The number of hydrogen-bond donors (Lipinski definition) is 1. The van der Waals surface area contributed by atoms with E-state index in [-0.39, 0.29) is 29.8 Å². The Morgan fingerprint density at radius 3 is 2.36 bits per heavy atom. The number of likely N-dealkylation sites (tertiary alicyclic amines) is 1. The molecule has 0 aliphatic carbocycles. The van der Waals surface area contributed by atoms with E-state index in [1.54, 1.807) is 29.2 Å². The van der Waals surface area contributed by atoms with Crippen LogP contribution in [0.3, 0.4) is 0 Å². The van der Waals surface area contributed by atoms with Gasteiger partial charge < -0.3 is 10.2 Å². The predicted molar refractivity (Wildman–Crippen MR) is 131 cm³/mol. The van der Waals surface area contributed by atoms with Gasteiger partial charge in [0.25, 0.3) is 11.8 Å². The van der Waals surface area contributed by atoms with Crippen LogP contribution in [-0.4, -0.2) is 67.6 Å². The van der Waals surface area contributed by atoms with Crippen molar-refractivity contribution >= 4 is 33.4 Å². The van der Waals surface area contributed by atoms with Gasteiger partial charge in [0.1, 0.15) is 6.04 Å². The maximum Gasteiger partial charge on any atom is 0.253 e. The van der Waals surface area contributed by atoms with Crippen LogP contribution >= 0.6 is 11.6 Å². The molecule has 2 aliphatic heterocycles. The summed E-state index contributed by atoms with van der Waals surface area (Å²) in [6, 6.07) is 12.7. The average Bonchev–Trinajstić information content (AvgIpc) is 3.00. The van der Waals surface area contributed by atoms with Crippen molar-refractivity contribution in [3.63, 3.8) is 0 Å². The minimum absolute atomic E-state index is 0.105. The highest BCUT2D eigenvalue weighted by Gasteiger charge is 2.45. The summed E-state index contributed by atoms with van der Waals surface area (Å²) < 4.78 is 57.2. The Morgan fingerprint density at radius 2 is 1.72 bits per heavy atom. The maximum atomic E-state index is 14.5. The van der Waals surface area contributed by atoms with Crippen LogP contribution in [-0.2, 0) is 14.8 Å². The molecule has 0 unspecified atom stereocenters. The maximum absolute atomic E-state index is 14.5. The first-order valence-corrected chi connectivity index (χ1v) is 13.7. The fourth-order valence-corrected chi connectivity index (χ4v) is 6.46. The number of halogens is 3. The first-order valence-electron chi connectivity index (χ1n) is 11.8. The second-order valence-corrected chi connectivity index (χ2v) is 11.6. The molecule has 2 aromatic rings. The van der Waals surface area contributed by atoms with Gasteiger partial charge in [-0.05, 0) is 55.2 Å². The van der Waals surface area contributed by atoms with Crippen LogP contribution in [0.2, 0.25) is 5.02 Å². The lowest BCUT2D eigenvalue weighted by Crippen LogP contribution is -2.52. The van der Waals surface area contributed by atoms with E-state index in [1.807, 2.05) is 6.07 Å². The number of amides is 2. The van der Waals surface area contributed by atoms with Crippen molar-refractivity contribution in [2.45, 2.75) is 42.5 Å². The summed E-state index contributed by atoms with van der Waals surface area (Å²) in [5.41, 5.74) is 0.570. The van der Waals surface area contributed by atoms with Crippen LogP contribution in [0.5, 0.6) is 0 Å². The fourth-order valence-electron chi connectivity index (χ4n) is 4.67. The number of carbonyl (C=O) groups is 2. The molecule has 0 aromatic heterocycles. The molecule has 1 N–H and O–H groups in total. The molecule has 2 saturated heterocycles. The fraction of sp³-hybridized carbons (Fsp3) is 0.440. The molecular formula is C25H28ClF2N3O4S. The predicted octanol–water partition coefficient (Wildman–Crippen LogP) is 3.80. The number of rotatable bonds is 6. The summed E-state index contributed by atoms with van der Waals surface area (Å²) in [4.78, 5) is 27.1. The third kappa shape index (κ3) is 6.04. The minimum atomic E-state index is -4.29. The van der Waals surface area contributed by atoms with Gasteiger partial charge in [-0.15, -0.1) is 0 Å². The Balaban J connectivity index is 1.56. The zero-order valence-corrected chi connectivity index (χ0v) is 21.1. The molecule has 0 spiro atoms. The Kier molecular flexibility index (Phi) is 7.96. The molecular weight excluding hydrogens is 512 g/mol. The van der Waals surface area contributed by atoms with Gasteiger partial charge in [0.2, 0.25) is 15.9 Å². The smallest absolute Gasteiger partial charge is 0.253 e. The largest absolute Gasteiger partial charge is 0.354 e. The molecule has 2 aromatic carbocycles. The standard InChI is InChI=1S/C25H28ClF2N3O4S/c26-20-6-8-21(9-7-20)36(34,35)31(22-16-25(27,28)12-13-29-23(22)32)17-18-10-14-30(15-11-18)24(33)19-4-2-1-3-5-19/h1-9,18,22H,10-17H2,(H,29,32)/t22-/m1/s1. The van der Waals surface area contributed by atoms with Crippen LogP contribution in [0.1, 0.15) is 36.0 Å². The summed E-state index contributed by atoms with van der Waals surface area (Å²) in [5.74, 6) is -4.25. The molecule has 0 bridgehead atoms. The lowest BCUT2D eigenvalue weighted by molar-refractivity contribution is -0.126. The summed E-state index contributed by atoms with van der Waals surface area (Å²) in [7, 11) is -4.29. The number of nitrogens with one attached hydrogen (secondary N) is 1. The molecule has 2 fully saturated rings. The van der Waals surface area contributed by atoms with Gasteiger partial charge >= 0.3 is 0 Å². The number of benzene rings is 2. The van der Waals surface area contributed by atoms with Crippen LogP contribution in [0.15, 0.2) is 59.5 Å². The van der Waals surface area contributed by atoms with Crippen molar-refractivity contribution in [2.24, 2.45) is 5.92 Å². The van der Waals surface area contributed by atoms with Gasteiger partial charge in [-0.2, -0.15) is 4.31 Å². The van der Waals surface area contributed by atoms with Gasteiger partial charge in [-0.1, -0.05) is 29.8 Å². The Hall–Kier alpha value is -2.56. The van der Waals surface area contributed by atoms with Crippen molar-refractivity contribution in [3.05, 3.63) is 65.2 Å². The molecule has 0 saturated carbocycles. The van der Waals surface area contributed by atoms with Gasteiger partial charge in [0, 0.05) is 49.6 Å². The second-order valence-electron chi connectivity index (χ2n) is 9.25. The lowest BCUT2D eigenvalue weighted by atomic mass is 9.95. The number of hydrogen-bond acceptors (Lipinski definition) is 4. The second kappa shape index (κ2) is 10.8. The van der Waals surface area contributed by atoms with E-state index >= 15 is 0 Å². The summed E-state index contributed by atoms with van der Waals surface area (Å²) >= 11 is 5.91. The molecule has 11 heteroatoms. The van der Waals surface area contributed by atoms with Crippen LogP contribution in [0.25, 0.3) is 0 Å². The van der Waals surface area contributed by atoms with E-state index in [4.69, 9.17) is 11.6 Å². The molecule has 4 rings (SSSR count). The zero-order valence-electron chi connectivity index (χ0n) is 19.6. The minimum Gasteiger partial charge on any atom is -0.354 e. The van der Waals surface area contributed by atoms with Crippen molar-refractivity contribution in [1.82, 2.24) is 14.5 Å². The number of sulfonamides is 1. The molecule has 1 atom stereocenters. The van der Waals surface area contributed by atoms with E-state index in [0.717, 1.165) is 4.31 Å². The first-order chi connectivity index (χ1) is 17.1. The van der Waals surface area contributed by atoms with Crippen molar-refractivity contribution in [2.75, 3.05) is 26.2 Å². The van der Waals surface area contributed by atoms with Gasteiger partial charge in [-0.3, -0.25) is 9.59 Å². The highest BCUT2D eigenvalue weighted by Crippen LogP contribution is 2.33. The number of alkyl halides is 2. The topological polar surface area (TPSA) is 86.8 Å². The molecule has 7 nitrogen and oxygen atoms in total. The third-order valence-electron chi connectivity index (χ3n) is 6.71. The van der Waals surface area contributed by atoms with Crippen molar-refractivity contribution in [3.8, 4) is 0 Å². The normalized spacial score (nSPS) is 21.2. The number of piperidine rings is 1. The van der Waals surface area contributed by atoms with E-state index in [1.165, 1.54) is 24.3 Å². The summed E-state index contributed by atoms with van der Waals surface area (Å²) in [5, 5.41) is 2.77. The first kappa shape index (κ1) is 26.5. The van der Waals surface area contributed by atoms with Gasteiger partial charge in [0.05, 0.1) is 4.90 Å². The van der Waals surface area contributed by atoms with Crippen LogP contribution in [0.4, 0.5) is 8.78 Å². The highest BCUT2D eigenvalue weighted by atomic mass is 35.5. The SMILES string of the molecule is O=C1NCCC(F)(F)C[C@H]1N(CC1CCN(C(=O)c2ccccc2)CC1)S(=O)(=O)c1ccc(Cl)cc1. The monoisotopic (exact) mass is 539 g/mol. The Morgan fingerprint density at radius 1 is 1.08 bits per heavy atom. The van der Waals surface area contributed by atoms with E-state index in [0.29, 0.717) is 36.5 Å². The number of nitrogens with zero attached hydrogens (tertiary/aromatic N) is 2. The highest BCUT2D eigenvalue weighted by molar-refractivity contribution is 7.89. The molecule has 36 heavy (non-hydrogen) atoms. The van der Waals surface area contributed by atoms with Crippen molar-refractivity contribution < 1.29 is 26.8 Å². The van der Waals surface area contributed by atoms with Gasteiger partial charge in [0.15, 0.2) is 0 Å². The van der Waals surface area contributed by atoms with Gasteiger partial charge in [-0.25, -0.2) is 17.2 Å². The third-order valence-corrected chi connectivity index (χ3v) is 8.85. The Labute approximate surface area is 214 Å². The van der Waals surface area contributed by atoms with E-state index in [2.05, 4.69) is 5.32 Å². The Bertz CT molecular complexity index is 1190. The average molecular weight is 540 g/mol. The molecule has 2 heterocycles. The molecule has 2 aliphatic rings. The van der Waals surface area contributed by atoms with Crippen LogP contribution < -0.4 is 5.32 Å². The lowest BCUT2D eigenvalue weighted by Gasteiger charge is -2.37. The molecule has 2 amide bonds. The number of carbonyl (C=O) groups excluding carboxylic acids is 2. The summed E-state index contributed by atoms with van der Waals surface area (Å²) in [6.45, 7) is 0.476. The quantitative estimate of drug-likeness (QED) is 0.605. The van der Waals surface area contributed by atoms with Crippen LogP contribution in [0, 0.1) is 5.92 Å². The molecule has 0 radical (unpaired) electrons. The van der Waals surface area contributed by atoms with E-state index < -0.39 is 40.7 Å².